The number of hydrogen-bond acceptors (Lipinski definition) is 7. The number of carbonyl (C=O) groups excluding carboxylic acids is 3. The van der Waals surface area contributed by atoms with Crippen molar-refractivity contribution in [2.75, 3.05) is 23.3 Å². The molecule has 170 valence electrons. The van der Waals surface area contributed by atoms with Gasteiger partial charge >= 0.3 is 6.09 Å². The van der Waals surface area contributed by atoms with Crippen LogP contribution >= 0.6 is 11.3 Å². The predicted molar refractivity (Wildman–Crippen MR) is 120 cm³/mol. The second kappa shape index (κ2) is 8.42. The average molecular weight is 459 g/mol. The fourth-order valence-corrected chi connectivity index (χ4v) is 4.61. The van der Waals surface area contributed by atoms with Gasteiger partial charge in [-0.15, -0.1) is 0 Å². The second-order valence-electron chi connectivity index (χ2n) is 8.73. The molecule has 2 aliphatic rings. The molecule has 0 spiro atoms. The number of benzene rings is 1. The van der Waals surface area contributed by atoms with Crippen molar-refractivity contribution < 1.29 is 23.9 Å². The third kappa shape index (κ3) is 4.69. The van der Waals surface area contributed by atoms with E-state index < -0.39 is 11.7 Å². The van der Waals surface area contributed by atoms with Crippen LogP contribution < -0.4 is 15.0 Å². The van der Waals surface area contributed by atoms with Gasteiger partial charge in [0.1, 0.15) is 11.4 Å². The largest absolute Gasteiger partial charge is 0.476 e. The van der Waals surface area contributed by atoms with Crippen molar-refractivity contribution in [3.05, 3.63) is 34.8 Å². The zero-order chi connectivity index (χ0) is 23.0. The van der Waals surface area contributed by atoms with Crippen LogP contribution in [0.2, 0.25) is 0 Å². The Hall–Kier alpha value is -3.14. The van der Waals surface area contributed by atoms with Crippen LogP contribution in [0.3, 0.4) is 0 Å². The smallest absolute Gasteiger partial charge is 0.410 e. The molecule has 1 unspecified atom stereocenters. The van der Waals surface area contributed by atoms with Gasteiger partial charge in [0.25, 0.3) is 5.91 Å². The number of anilines is 2. The Morgan fingerprint density at radius 1 is 1.25 bits per heavy atom. The lowest BCUT2D eigenvalue weighted by molar-refractivity contribution is -0.123. The van der Waals surface area contributed by atoms with Crippen molar-refractivity contribution in [2.45, 2.75) is 52.4 Å². The van der Waals surface area contributed by atoms with Gasteiger partial charge in [-0.3, -0.25) is 14.9 Å². The van der Waals surface area contributed by atoms with Crippen molar-refractivity contribution in [1.82, 2.24) is 9.88 Å². The molecule has 1 N–H and O–H groups in total. The van der Waals surface area contributed by atoms with Crippen molar-refractivity contribution in [3.63, 3.8) is 0 Å². The lowest BCUT2D eigenvalue weighted by atomic mass is 10.1. The lowest BCUT2D eigenvalue weighted by Gasteiger charge is -2.33. The first kappa shape index (κ1) is 22.1. The van der Waals surface area contributed by atoms with Gasteiger partial charge in [-0.2, -0.15) is 0 Å². The first-order valence-electron chi connectivity index (χ1n) is 10.4. The second-order valence-corrected chi connectivity index (χ2v) is 9.82. The first-order chi connectivity index (χ1) is 15.1. The Bertz CT molecular complexity index is 1060. The standard InChI is InChI=1S/C22H26N4O5S/c1-13(27)26-11-17(30-16-8-6-5-7-15(16)26)19(28)24-20-23-14-9-10-25(12-18(14)32-20)21(29)31-22(2,3)4/h5-8,17H,9-12H2,1-4H3,(H,23,24,28). The Labute approximate surface area is 190 Å². The van der Waals surface area contributed by atoms with Crippen molar-refractivity contribution >= 4 is 40.1 Å². The minimum absolute atomic E-state index is 0.121. The molecular formula is C22H26N4O5S. The van der Waals surface area contributed by atoms with Gasteiger partial charge < -0.3 is 19.3 Å². The maximum absolute atomic E-state index is 12.9. The number of aromatic nitrogens is 1. The highest BCUT2D eigenvalue weighted by atomic mass is 32.1. The van der Waals surface area contributed by atoms with Gasteiger partial charge in [0.2, 0.25) is 5.91 Å². The SMILES string of the molecule is CC(=O)N1CC(C(=O)Nc2nc3c(s2)CN(C(=O)OC(C)(C)C)CC3)Oc2ccccc21. The summed E-state index contributed by atoms with van der Waals surface area (Å²) in [6, 6.07) is 7.14. The normalized spacial score (nSPS) is 17.7. The van der Waals surface area contributed by atoms with Crippen LogP contribution in [0, 0.1) is 0 Å². The number of ether oxygens (including phenoxy) is 2. The molecule has 2 aliphatic heterocycles. The van der Waals surface area contributed by atoms with E-state index in [-0.39, 0.29) is 24.5 Å². The van der Waals surface area contributed by atoms with Gasteiger partial charge in [0.05, 0.1) is 24.5 Å². The summed E-state index contributed by atoms with van der Waals surface area (Å²) in [6.45, 7) is 7.98. The zero-order valence-corrected chi connectivity index (χ0v) is 19.3. The lowest BCUT2D eigenvalue weighted by Crippen LogP contribution is -2.48. The third-order valence-corrected chi connectivity index (χ3v) is 6.06. The maximum atomic E-state index is 12.9. The first-order valence-corrected chi connectivity index (χ1v) is 11.2. The summed E-state index contributed by atoms with van der Waals surface area (Å²) in [5, 5.41) is 3.26. The zero-order valence-electron chi connectivity index (χ0n) is 18.5. The molecule has 0 saturated heterocycles. The van der Waals surface area contributed by atoms with Crippen molar-refractivity contribution in [1.29, 1.82) is 0 Å². The highest BCUT2D eigenvalue weighted by Crippen LogP contribution is 2.34. The van der Waals surface area contributed by atoms with Gasteiger partial charge in [-0.25, -0.2) is 9.78 Å². The summed E-state index contributed by atoms with van der Waals surface area (Å²) in [5.41, 5.74) is 0.956. The van der Waals surface area contributed by atoms with Crippen LogP contribution in [0.4, 0.5) is 15.6 Å². The van der Waals surface area contributed by atoms with Crippen LogP contribution in [0.5, 0.6) is 5.75 Å². The molecule has 1 atom stereocenters. The summed E-state index contributed by atoms with van der Waals surface area (Å²) in [7, 11) is 0. The molecule has 32 heavy (non-hydrogen) atoms. The van der Waals surface area contributed by atoms with E-state index in [9.17, 15) is 14.4 Å². The molecule has 4 rings (SSSR count). The van der Waals surface area contributed by atoms with E-state index in [1.807, 2.05) is 26.8 Å². The fourth-order valence-electron chi connectivity index (χ4n) is 3.59. The fraction of sp³-hybridized carbons (Fsp3) is 0.455. The van der Waals surface area contributed by atoms with Gasteiger partial charge in [0.15, 0.2) is 11.2 Å². The molecule has 2 aromatic rings. The van der Waals surface area contributed by atoms with E-state index >= 15 is 0 Å². The number of hydrogen-bond donors (Lipinski definition) is 1. The third-order valence-electron chi connectivity index (χ3n) is 5.06. The highest BCUT2D eigenvalue weighted by molar-refractivity contribution is 7.15. The summed E-state index contributed by atoms with van der Waals surface area (Å²) in [4.78, 5) is 46.0. The maximum Gasteiger partial charge on any atom is 0.410 e. The molecular weight excluding hydrogens is 432 g/mol. The average Bonchev–Trinajstić information content (AvgIpc) is 3.12. The molecule has 10 heteroatoms. The Morgan fingerprint density at radius 3 is 2.72 bits per heavy atom. The predicted octanol–water partition coefficient (Wildman–Crippen LogP) is 3.19. The van der Waals surface area contributed by atoms with E-state index in [4.69, 9.17) is 9.47 Å². The molecule has 3 amide bonds. The summed E-state index contributed by atoms with van der Waals surface area (Å²) < 4.78 is 11.3. The van der Waals surface area contributed by atoms with E-state index in [0.29, 0.717) is 36.1 Å². The monoisotopic (exact) mass is 458 g/mol. The quantitative estimate of drug-likeness (QED) is 0.742. The molecule has 0 radical (unpaired) electrons. The molecule has 9 nitrogen and oxygen atoms in total. The molecule has 1 aromatic heterocycles. The van der Waals surface area contributed by atoms with E-state index in [1.165, 1.54) is 23.2 Å². The molecule has 0 fully saturated rings. The number of rotatable bonds is 2. The molecule has 3 heterocycles. The number of nitrogens with zero attached hydrogens (tertiary/aromatic N) is 3. The van der Waals surface area contributed by atoms with Crippen LogP contribution in [-0.4, -0.2) is 52.6 Å². The number of fused-ring (bicyclic) bond motifs is 2. The van der Waals surface area contributed by atoms with Gasteiger partial charge in [-0.1, -0.05) is 23.5 Å². The Morgan fingerprint density at radius 2 is 2.00 bits per heavy atom. The molecule has 0 aliphatic carbocycles. The number of carbonyl (C=O) groups is 3. The van der Waals surface area contributed by atoms with E-state index in [0.717, 1.165) is 10.6 Å². The summed E-state index contributed by atoms with van der Waals surface area (Å²) in [6.07, 6.45) is -0.624. The Balaban J connectivity index is 1.43. The van der Waals surface area contributed by atoms with Crippen molar-refractivity contribution in [3.8, 4) is 5.75 Å². The topological polar surface area (TPSA) is 101 Å². The van der Waals surface area contributed by atoms with Crippen LogP contribution in [-0.2, 0) is 27.3 Å². The van der Waals surface area contributed by atoms with E-state index in [2.05, 4.69) is 10.3 Å². The molecule has 0 saturated carbocycles. The number of para-hydroxylation sites is 2. The number of thiazole rings is 1. The molecule has 0 bridgehead atoms. The minimum Gasteiger partial charge on any atom is -0.476 e. The minimum atomic E-state index is -0.854. The Kier molecular flexibility index (Phi) is 5.81. The summed E-state index contributed by atoms with van der Waals surface area (Å²) >= 11 is 1.33. The summed E-state index contributed by atoms with van der Waals surface area (Å²) in [5.74, 6) is -0.0492. The van der Waals surface area contributed by atoms with Crippen LogP contribution in [0.25, 0.3) is 0 Å². The highest BCUT2D eigenvalue weighted by Gasteiger charge is 2.34. The van der Waals surface area contributed by atoms with Crippen molar-refractivity contribution in [2.24, 2.45) is 0 Å². The van der Waals surface area contributed by atoms with E-state index in [1.54, 1.807) is 23.1 Å². The molecule has 1 aromatic carbocycles. The number of nitrogens with one attached hydrogen (secondary N) is 1. The van der Waals surface area contributed by atoms with Crippen LogP contribution in [0.15, 0.2) is 24.3 Å². The van der Waals surface area contributed by atoms with Gasteiger partial charge in [0, 0.05) is 24.8 Å². The van der Waals surface area contributed by atoms with Crippen LogP contribution in [0.1, 0.15) is 38.3 Å². The number of amides is 3. The van der Waals surface area contributed by atoms with Gasteiger partial charge in [-0.05, 0) is 32.9 Å².